The Hall–Kier alpha value is -2.90. The van der Waals surface area contributed by atoms with Gasteiger partial charge in [-0.1, -0.05) is 12.1 Å². The summed E-state index contributed by atoms with van der Waals surface area (Å²) in [7, 11) is 0. The fourth-order valence-electron chi connectivity index (χ4n) is 1.66. The van der Waals surface area contributed by atoms with Gasteiger partial charge in [-0.25, -0.2) is 9.78 Å². The maximum atomic E-state index is 11.6. The van der Waals surface area contributed by atoms with Crippen molar-refractivity contribution >= 4 is 17.7 Å². The molecule has 0 spiro atoms. The number of aromatic nitrogens is 3. The van der Waals surface area contributed by atoms with Crippen LogP contribution in [0.15, 0.2) is 30.6 Å². The molecule has 4 N–H and O–H groups in total. The summed E-state index contributed by atoms with van der Waals surface area (Å²) in [4.78, 5) is 26.0. The quantitative estimate of drug-likeness (QED) is 0.635. The van der Waals surface area contributed by atoms with Crippen molar-refractivity contribution in [2.45, 2.75) is 19.4 Å². The zero-order valence-corrected chi connectivity index (χ0v) is 11.2. The number of carboxylic acids is 1. The zero-order valence-electron chi connectivity index (χ0n) is 11.2. The Morgan fingerprint density at radius 3 is 2.62 bits per heavy atom. The molecule has 2 aromatic rings. The third-order valence-electron chi connectivity index (χ3n) is 2.72. The predicted molar refractivity (Wildman–Crippen MR) is 74.6 cm³/mol. The van der Waals surface area contributed by atoms with Crippen molar-refractivity contribution in [3.8, 4) is 0 Å². The van der Waals surface area contributed by atoms with E-state index in [0.29, 0.717) is 17.9 Å². The Bertz CT molecular complexity index is 595. The zero-order chi connectivity index (χ0) is 15.1. The molecule has 21 heavy (non-hydrogen) atoms. The van der Waals surface area contributed by atoms with Crippen molar-refractivity contribution in [3.05, 3.63) is 42.0 Å². The summed E-state index contributed by atoms with van der Waals surface area (Å²) >= 11 is 0. The van der Waals surface area contributed by atoms with Gasteiger partial charge in [-0.05, 0) is 24.1 Å². The number of H-pyrrole nitrogens is 1. The molecule has 0 aliphatic heterocycles. The minimum Gasteiger partial charge on any atom is -0.481 e. The van der Waals surface area contributed by atoms with E-state index in [1.54, 1.807) is 24.3 Å². The van der Waals surface area contributed by atoms with Gasteiger partial charge >= 0.3 is 12.0 Å². The van der Waals surface area contributed by atoms with E-state index in [4.69, 9.17) is 5.11 Å². The van der Waals surface area contributed by atoms with Crippen molar-refractivity contribution in [2.24, 2.45) is 0 Å². The summed E-state index contributed by atoms with van der Waals surface area (Å²) in [6.45, 7) is 0.253. The molecule has 0 saturated carbocycles. The molecule has 0 atom stereocenters. The van der Waals surface area contributed by atoms with Crippen LogP contribution in [0.4, 0.5) is 10.5 Å². The van der Waals surface area contributed by atoms with Gasteiger partial charge in [-0.15, -0.1) is 0 Å². The smallest absolute Gasteiger partial charge is 0.319 e. The number of hydrogen-bond donors (Lipinski definition) is 4. The molecule has 8 heteroatoms. The van der Waals surface area contributed by atoms with Crippen LogP contribution in [-0.2, 0) is 17.8 Å². The minimum absolute atomic E-state index is 0.0877. The summed E-state index contributed by atoms with van der Waals surface area (Å²) in [5.74, 6) is -0.266. The summed E-state index contributed by atoms with van der Waals surface area (Å²) in [6, 6.07) is 6.67. The molecular formula is C13H15N5O3. The van der Waals surface area contributed by atoms with Crippen molar-refractivity contribution < 1.29 is 14.7 Å². The summed E-state index contributed by atoms with van der Waals surface area (Å²) in [6.07, 6.45) is 1.92. The van der Waals surface area contributed by atoms with Crippen LogP contribution in [0.25, 0.3) is 0 Å². The first-order chi connectivity index (χ1) is 10.1. The molecule has 0 radical (unpaired) electrons. The number of carbonyl (C=O) groups excluding carboxylic acids is 1. The first-order valence-electron chi connectivity index (χ1n) is 6.33. The Kier molecular flexibility index (Phi) is 4.86. The van der Waals surface area contributed by atoms with Crippen LogP contribution in [0, 0.1) is 0 Å². The minimum atomic E-state index is -0.830. The van der Waals surface area contributed by atoms with Gasteiger partial charge in [0.2, 0.25) is 0 Å². The van der Waals surface area contributed by atoms with E-state index in [1.807, 2.05) is 0 Å². The standard InChI is InChI=1S/C13H15N5O3/c19-12(20)6-3-9-1-4-10(5-2-9)17-13(21)14-7-11-15-8-16-18-11/h1-2,4-5,8H,3,6-7H2,(H,19,20)(H2,14,17,21)(H,15,16,18). The van der Waals surface area contributed by atoms with Gasteiger partial charge in [0.25, 0.3) is 0 Å². The lowest BCUT2D eigenvalue weighted by Crippen LogP contribution is -2.28. The average Bonchev–Trinajstić information content (AvgIpc) is 2.98. The number of rotatable bonds is 6. The van der Waals surface area contributed by atoms with Crippen LogP contribution in [-0.4, -0.2) is 32.3 Å². The highest BCUT2D eigenvalue weighted by atomic mass is 16.4. The van der Waals surface area contributed by atoms with Gasteiger partial charge < -0.3 is 15.7 Å². The second kappa shape index (κ2) is 7.04. The Morgan fingerprint density at radius 1 is 1.24 bits per heavy atom. The molecule has 0 aliphatic rings. The topological polar surface area (TPSA) is 120 Å². The lowest BCUT2D eigenvalue weighted by atomic mass is 10.1. The van der Waals surface area contributed by atoms with Crippen LogP contribution in [0.3, 0.4) is 0 Å². The number of benzene rings is 1. The maximum Gasteiger partial charge on any atom is 0.319 e. The molecule has 1 aromatic heterocycles. The number of hydrogen-bond acceptors (Lipinski definition) is 4. The first kappa shape index (κ1) is 14.5. The lowest BCUT2D eigenvalue weighted by molar-refractivity contribution is -0.136. The number of urea groups is 1. The molecule has 0 bridgehead atoms. The second-order valence-corrected chi connectivity index (χ2v) is 4.33. The molecule has 8 nitrogen and oxygen atoms in total. The predicted octanol–water partition coefficient (Wildman–Crippen LogP) is 1.14. The number of amides is 2. The van der Waals surface area contributed by atoms with E-state index in [1.165, 1.54) is 6.33 Å². The summed E-state index contributed by atoms with van der Waals surface area (Å²) in [5.41, 5.74) is 1.54. The number of nitrogens with zero attached hydrogens (tertiary/aromatic N) is 2. The van der Waals surface area contributed by atoms with E-state index in [-0.39, 0.29) is 19.0 Å². The highest BCUT2D eigenvalue weighted by Crippen LogP contribution is 2.11. The number of aryl methyl sites for hydroxylation is 1. The van der Waals surface area contributed by atoms with Crippen LogP contribution in [0.1, 0.15) is 17.8 Å². The van der Waals surface area contributed by atoms with Gasteiger partial charge in [0.05, 0.1) is 6.54 Å². The maximum absolute atomic E-state index is 11.6. The number of carboxylic acid groups (broad SMARTS) is 1. The number of aromatic amines is 1. The molecule has 2 amide bonds. The number of carbonyl (C=O) groups is 2. The first-order valence-corrected chi connectivity index (χ1v) is 6.33. The Morgan fingerprint density at radius 2 is 2.00 bits per heavy atom. The highest BCUT2D eigenvalue weighted by molar-refractivity contribution is 5.89. The van der Waals surface area contributed by atoms with Crippen molar-refractivity contribution in [1.82, 2.24) is 20.5 Å². The average molecular weight is 289 g/mol. The van der Waals surface area contributed by atoms with Crippen molar-refractivity contribution in [2.75, 3.05) is 5.32 Å². The molecule has 0 fully saturated rings. The van der Waals surface area contributed by atoms with E-state index in [2.05, 4.69) is 25.8 Å². The molecular weight excluding hydrogens is 274 g/mol. The fraction of sp³-hybridized carbons (Fsp3) is 0.231. The van der Waals surface area contributed by atoms with Crippen LogP contribution in [0.2, 0.25) is 0 Å². The van der Waals surface area contributed by atoms with Gasteiger partial charge in [0.15, 0.2) is 0 Å². The van der Waals surface area contributed by atoms with Crippen molar-refractivity contribution in [1.29, 1.82) is 0 Å². The molecule has 2 rings (SSSR count). The third-order valence-corrected chi connectivity index (χ3v) is 2.72. The summed E-state index contributed by atoms with van der Waals surface area (Å²) in [5, 5.41) is 20.2. The molecule has 110 valence electrons. The molecule has 0 aliphatic carbocycles. The fourth-order valence-corrected chi connectivity index (χ4v) is 1.66. The van der Waals surface area contributed by atoms with Gasteiger partial charge in [0, 0.05) is 12.1 Å². The Labute approximate surface area is 120 Å². The summed E-state index contributed by atoms with van der Waals surface area (Å²) < 4.78 is 0. The van der Waals surface area contributed by atoms with Crippen LogP contribution < -0.4 is 10.6 Å². The van der Waals surface area contributed by atoms with E-state index >= 15 is 0 Å². The van der Waals surface area contributed by atoms with E-state index < -0.39 is 5.97 Å². The van der Waals surface area contributed by atoms with Crippen LogP contribution >= 0.6 is 0 Å². The van der Waals surface area contributed by atoms with Crippen molar-refractivity contribution in [3.63, 3.8) is 0 Å². The molecule has 0 saturated heterocycles. The second-order valence-electron chi connectivity index (χ2n) is 4.33. The Balaban J connectivity index is 1.79. The number of nitrogens with one attached hydrogen (secondary N) is 3. The normalized spacial score (nSPS) is 10.1. The molecule has 1 heterocycles. The van der Waals surface area contributed by atoms with Gasteiger partial charge in [-0.2, -0.15) is 5.10 Å². The van der Waals surface area contributed by atoms with Gasteiger partial charge in [0.1, 0.15) is 12.2 Å². The van der Waals surface area contributed by atoms with E-state index in [0.717, 1.165) is 5.56 Å². The van der Waals surface area contributed by atoms with E-state index in [9.17, 15) is 9.59 Å². The highest BCUT2D eigenvalue weighted by Gasteiger charge is 2.04. The molecule has 1 aromatic carbocycles. The van der Waals surface area contributed by atoms with Crippen LogP contribution in [0.5, 0.6) is 0 Å². The monoisotopic (exact) mass is 289 g/mol. The largest absolute Gasteiger partial charge is 0.481 e. The lowest BCUT2D eigenvalue weighted by Gasteiger charge is -2.07. The third kappa shape index (κ3) is 4.94. The number of anilines is 1. The number of aliphatic carboxylic acids is 1. The van der Waals surface area contributed by atoms with Gasteiger partial charge in [-0.3, -0.25) is 9.89 Å². The SMILES string of the molecule is O=C(O)CCc1ccc(NC(=O)NCc2ncn[nH]2)cc1. The molecule has 0 unspecified atom stereocenters.